The quantitative estimate of drug-likeness (QED) is 0.584. The summed E-state index contributed by atoms with van der Waals surface area (Å²) in [5.41, 5.74) is 0.167. The molecule has 0 aliphatic carbocycles. The van der Waals surface area contributed by atoms with Gasteiger partial charge in [-0.2, -0.15) is 0 Å². The molecule has 0 aromatic heterocycles. The number of anilines is 1. The van der Waals surface area contributed by atoms with Crippen LogP contribution in [0.1, 0.15) is 0 Å². The van der Waals surface area contributed by atoms with Gasteiger partial charge in [-0.05, 0) is 46.3 Å². The summed E-state index contributed by atoms with van der Waals surface area (Å²) in [6.07, 6.45) is 1.09. The van der Waals surface area contributed by atoms with Crippen molar-refractivity contribution in [3.8, 4) is 0 Å². The van der Waals surface area contributed by atoms with Crippen LogP contribution in [0.15, 0.2) is 51.9 Å². The molecule has 132 valence electrons. The lowest BCUT2D eigenvalue weighted by molar-refractivity contribution is -0.131. The van der Waals surface area contributed by atoms with Crippen molar-refractivity contribution in [2.75, 3.05) is 4.90 Å². The van der Waals surface area contributed by atoms with Crippen LogP contribution < -0.4 is 10.2 Å². The predicted octanol–water partition coefficient (Wildman–Crippen LogP) is 3.84. The minimum Gasteiger partial charge on any atom is -0.276 e. The molecule has 1 aliphatic heterocycles. The first-order valence-corrected chi connectivity index (χ1v) is 8.48. The summed E-state index contributed by atoms with van der Waals surface area (Å²) < 4.78 is 14.6. The highest BCUT2D eigenvalue weighted by atomic mass is 79.9. The normalized spacial score (nSPS) is 17.7. The van der Waals surface area contributed by atoms with Gasteiger partial charge in [-0.1, -0.05) is 23.7 Å². The molecule has 6 nitrogen and oxygen atoms in total. The monoisotopic (exact) mass is 437 g/mol. The molecule has 1 atom stereocenters. The average Bonchev–Trinajstić information content (AvgIpc) is 2.59. The molecule has 1 aliphatic rings. The molecule has 0 bridgehead atoms. The zero-order valence-electron chi connectivity index (χ0n) is 12.9. The van der Waals surface area contributed by atoms with Crippen LogP contribution in [0.25, 0.3) is 0 Å². The molecule has 0 unspecified atom stereocenters. The summed E-state index contributed by atoms with van der Waals surface area (Å²) in [6, 6.07) is 9.08. The fourth-order valence-electron chi connectivity index (χ4n) is 2.31. The summed E-state index contributed by atoms with van der Waals surface area (Å²) in [5, 5.41) is 2.43. The molecule has 3 rings (SSSR count). The number of carbonyl (C=O) groups is 3. The number of hydrogen-bond donors (Lipinski definition) is 1. The van der Waals surface area contributed by atoms with E-state index in [-0.39, 0.29) is 5.69 Å². The summed E-state index contributed by atoms with van der Waals surface area (Å²) in [4.78, 5) is 41.3. The molecule has 1 saturated heterocycles. The SMILES string of the molecule is O=C1NC(=O)N(c2ccccc2F)C(=O)[C@@H]1C=Nc1ccc(Br)c(Cl)c1. The van der Waals surface area contributed by atoms with E-state index in [9.17, 15) is 18.8 Å². The van der Waals surface area contributed by atoms with E-state index in [1.807, 2.05) is 5.32 Å². The Morgan fingerprint density at radius 1 is 1.19 bits per heavy atom. The fourth-order valence-corrected chi connectivity index (χ4v) is 2.73. The number of imide groups is 2. The summed E-state index contributed by atoms with van der Waals surface area (Å²) in [5.74, 6) is -3.87. The number of nitrogens with one attached hydrogen (secondary N) is 1. The second-order valence-corrected chi connectivity index (χ2v) is 6.54. The highest BCUT2D eigenvalue weighted by molar-refractivity contribution is 9.10. The Hall–Kier alpha value is -2.58. The summed E-state index contributed by atoms with van der Waals surface area (Å²) in [6.45, 7) is 0. The van der Waals surface area contributed by atoms with Crippen molar-refractivity contribution >= 4 is 63.0 Å². The third-order valence-corrected chi connectivity index (χ3v) is 4.80. The first-order valence-electron chi connectivity index (χ1n) is 7.31. The molecule has 1 N–H and O–H groups in total. The average molecular weight is 439 g/mol. The zero-order valence-corrected chi connectivity index (χ0v) is 15.3. The molecule has 0 saturated carbocycles. The van der Waals surface area contributed by atoms with Crippen molar-refractivity contribution in [3.05, 3.63) is 57.8 Å². The summed E-state index contributed by atoms with van der Waals surface area (Å²) >= 11 is 9.21. The van der Waals surface area contributed by atoms with Gasteiger partial charge in [0.25, 0.3) is 5.91 Å². The fraction of sp³-hybridized carbons (Fsp3) is 0.0588. The predicted molar refractivity (Wildman–Crippen MR) is 98.2 cm³/mol. The van der Waals surface area contributed by atoms with Crippen LogP contribution in [0.2, 0.25) is 5.02 Å². The molecule has 4 amide bonds. The molecular formula is C17H10BrClFN3O3. The van der Waals surface area contributed by atoms with Gasteiger partial charge in [0.2, 0.25) is 5.91 Å². The Bertz CT molecular complexity index is 951. The maximum absolute atomic E-state index is 14.0. The molecule has 2 aromatic carbocycles. The smallest absolute Gasteiger partial charge is 0.276 e. The standard InChI is InChI=1S/C17H10BrClFN3O3/c18-11-6-5-9(7-12(11)19)21-8-10-15(24)22-17(26)23(16(10)25)14-4-2-1-3-13(14)20/h1-8,10H,(H,22,24,26)/t10-/m1/s1. The number of amides is 4. The number of nitrogens with zero attached hydrogens (tertiary/aromatic N) is 2. The van der Waals surface area contributed by atoms with Gasteiger partial charge in [0, 0.05) is 10.7 Å². The molecule has 2 aromatic rings. The van der Waals surface area contributed by atoms with E-state index in [1.165, 1.54) is 24.3 Å². The summed E-state index contributed by atoms with van der Waals surface area (Å²) in [7, 11) is 0. The molecule has 1 fully saturated rings. The number of carbonyl (C=O) groups excluding carboxylic acids is 3. The first kappa shape index (κ1) is 18.2. The van der Waals surface area contributed by atoms with Crippen LogP contribution in [0.3, 0.4) is 0 Å². The lowest BCUT2D eigenvalue weighted by Crippen LogP contribution is -2.58. The van der Waals surface area contributed by atoms with Gasteiger partial charge in [0.1, 0.15) is 5.82 Å². The topological polar surface area (TPSA) is 78.8 Å². The minimum absolute atomic E-state index is 0.243. The third-order valence-electron chi connectivity index (χ3n) is 3.57. The van der Waals surface area contributed by atoms with E-state index in [0.717, 1.165) is 12.3 Å². The molecule has 0 spiro atoms. The number of rotatable bonds is 3. The van der Waals surface area contributed by atoms with Gasteiger partial charge in [0.05, 0.1) is 16.4 Å². The number of urea groups is 1. The molecule has 1 heterocycles. The van der Waals surface area contributed by atoms with Crippen molar-refractivity contribution < 1.29 is 18.8 Å². The Morgan fingerprint density at radius 2 is 1.92 bits per heavy atom. The van der Waals surface area contributed by atoms with Crippen LogP contribution in [-0.2, 0) is 9.59 Å². The van der Waals surface area contributed by atoms with Crippen molar-refractivity contribution in [2.45, 2.75) is 0 Å². The van der Waals surface area contributed by atoms with E-state index in [1.54, 1.807) is 12.1 Å². The second-order valence-electron chi connectivity index (χ2n) is 5.27. The van der Waals surface area contributed by atoms with Crippen LogP contribution in [-0.4, -0.2) is 24.1 Å². The Labute approximate surface area is 160 Å². The van der Waals surface area contributed by atoms with E-state index in [4.69, 9.17) is 11.6 Å². The van der Waals surface area contributed by atoms with Crippen LogP contribution in [0.5, 0.6) is 0 Å². The zero-order chi connectivity index (χ0) is 18.8. The molecular weight excluding hydrogens is 429 g/mol. The van der Waals surface area contributed by atoms with Gasteiger partial charge in [-0.15, -0.1) is 0 Å². The van der Waals surface area contributed by atoms with Gasteiger partial charge >= 0.3 is 6.03 Å². The minimum atomic E-state index is -1.38. The number of hydrogen-bond acceptors (Lipinski definition) is 4. The largest absolute Gasteiger partial charge is 0.335 e. The lowest BCUT2D eigenvalue weighted by Gasteiger charge is -2.28. The molecule has 9 heteroatoms. The van der Waals surface area contributed by atoms with Gasteiger partial charge in [-0.25, -0.2) is 14.1 Å². The molecule has 26 heavy (non-hydrogen) atoms. The van der Waals surface area contributed by atoms with Gasteiger partial charge in [0.15, 0.2) is 5.92 Å². The number of aliphatic imine (C=N–C) groups is 1. The van der Waals surface area contributed by atoms with E-state index in [0.29, 0.717) is 20.1 Å². The van der Waals surface area contributed by atoms with E-state index < -0.39 is 29.6 Å². The number of halogens is 3. The lowest BCUT2D eigenvalue weighted by atomic mass is 10.1. The Morgan fingerprint density at radius 3 is 2.62 bits per heavy atom. The highest BCUT2D eigenvalue weighted by Crippen LogP contribution is 2.27. The molecule has 0 radical (unpaired) electrons. The maximum atomic E-state index is 14.0. The van der Waals surface area contributed by atoms with Gasteiger partial charge in [-0.3, -0.25) is 19.9 Å². The third kappa shape index (κ3) is 3.51. The second kappa shape index (κ2) is 7.35. The Balaban J connectivity index is 1.91. The maximum Gasteiger partial charge on any atom is 0.335 e. The number of barbiturate groups is 1. The van der Waals surface area contributed by atoms with Crippen LogP contribution >= 0.6 is 27.5 Å². The van der Waals surface area contributed by atoms with Crippen molar-refractivity contribution in [1.29, 1.82) is 0 Å². The van der Waals surface area contributed by atoms with Crippen molar-refractivity contribution in [3.63, 3.8) is 0 Å². The van der Waals surface area contributed by atoms with Crippen LogP contribution in [0.4, 0.5) is 20.6 Å². The first-order chi connectivity index (χ1) is 12.4. The van der Waals surface area contributed by atoms with Crippen molar-refractivity contribution in [1.82, 2.24) is 5.32 Å². The van der Waals surface area contributed by atoms with E-state index in [2.05, 4.69) is 20.9 Å². The van der Waals surface area contributed by atoms with Gasteiger partial charge < -0.3 is 0 Å². The Kier molecular flexibility index (Phi) is 5.15. The highest BCUT2D eigenvalue weighted by Gasteiger charge is 2.41. The van der Waals surface area contributed by atoms with E-state index >= 15 is 0 Å². The van der Waals surface area contributed by atoms with Crippen LogP contribution in [0, 0.1) is 11.7 Å². The number of para-hydroxylation sites is 1. The number of benzene rings is 2. The van der Waals surface area contributed by atoms with Crippen molar-refractivity contribution in [2.24, 2.45) is 10.9 Å².